The van der Waals surface area contributed by atoms with Gasteiger partial charge in [-0.25, -0.2) is 0 Å². The summed E-state index contributed by atoms with van der Waals surface area (Å²) < 4.78 is 0. The number of likely N-dealkylation sites (N-methyl/N-ethyl adjacent to an activating group) is 1. The third-order valence-electron chi connectivity index (χ3n) is 3.40. The Morgan fingerprint density at radius 3 is 2.85 bits per heavy atom. The number of anilines is 1. The Kier molecular flexibility index (Phi) is 8.62. The molecule has 1 aromatic carbocycles. The largest absolute Gasteiger partial charge is 0.385 e. The van der Waals surface area contributed by atoms with Crippen LogP contribution in [0.25, 0.3) is 0 Å². The van der Waals surface area contributed by atoms with Gasteiger partial charge in [-0.05, 0) is 44.5 Å². The Hall–Kier alpha value is -0.970. The van der Waals surface area contributed by atoms with Gasteiger partial charge in [-0.15, -0.1) is 24.8 Å². The van der Waals surface area contributed by atoms with Gasteiger partial charge in [-0.3, -0.25) is 4.79 Å². The van der Waals surface area contributed by atoms with E-state index in [9.17, 15) is 4.79 Å². The van der Waals surface area contributed by atoms with E-state index in [4.69, 9.17) is 0 Å². The maximum atomic E-state index is 12.2. The normalized spacial score (nSPS) is 13.9. The fourth-order valence-electron chi connectivity index (χ4n) is 2.17. The van der Waals surface area contributed by atoms with Crippen LogP contribution in [0.2, 0.25) is 0 Å². The van der Waals surface area contributed by atoms with Gasteiger partial charge in [-0.1, -0.05) is 6.07 Å². The highest BCUT2D eigenvalue weighted by atomic mass is 35.5. The SMILES string of the molecule is CNC(C)CNC(=O)c1cccc2c1CCCN2.Cl.Cl. The Morgan fingerprint density at radius 2 is 2.15 bits per heavy atom. The predicted octanol–water partition coefficient (Wildman–Crippen LogP) is 2.23. The molecule has 1 aromatic rings. The first-order valence-corrected chi connectivity index (χ1v) is 6.53. The second-order valence-electron chi connectivity index (χ2n) is 4.76. The fourth-order valence-corrected chi connectivity index (χ4v) is 2.17. The van der Waals surface area contributed by atoms with Gasteiger partial charge < -0.3 is 16.0 Å². The minimum atomic E-state index is 0. The van der Waals surface area contributed by atoms with Gasteiger partial charge in [0.25, 0.3) is 5.91 Å². The average Bonchev–Trinajstić information content (AvgIpc) is 2.43. The smallest absolute Gasteiger partial charge is 0.251 e. The van der Waals surface area contributed by atoms with Crippen LogP contribution in [0.1, 0.15) is 29.3 Å². The molecule has 0 radical (unpaired) electrons. The van der Waals surface area contributed by atoms with Crippen LogP contribution in [0.15, 0.2) is 18.2 Å². The molecule has 6 heteroatoms. The molecule has 0 bridgehead atoms. The van der Waals surface area contributed by atoms with E-state index in [2.05, 4.69) is 16.0 Å². The lowest BCUT2D eigenvalue weighted by atomic mass is 9.97. The highest BCUT2D eigenvalue weighted by Crippen LogP contribution is 2.25. The molecule has 1 aliphatic heterocycles. The summed E-state index contributed by atoms with van der Waals surface area (Å²) in [4.78, 5) is 12.2. The number of hydrogen-bond donors (Lipinski definition) is 3. The number of carbonyl (C=O) groups is 1. The topological polar surface area (TPSA) is 53.2 Å². The summed E-state index contributed by atoms with van der Waals surface area (Å²) in [5, 5.41) is 9.42. The van der Waals surface area contributed by atoms with Gasteiger partial charge in [0.1, 0.15) is 0 Å². The van der Waals surface area contributed by atoms with Crippen molar-refractivity contribution in [3.8, 4) is 0 Å². The first kappa shape index (κ1) is 19.0. The van der Waals surface area contributed by atoms with Gasteiger partial charge in [0, 0.05) is 30.4 Å². The molecule has 1 atom stereocenters. The maximum absolute atomic E-state index is 12.2. The summed E-state index contributed by atoms with van der Waals surface area (Å²) in [6.45, 7) is 3.68. The quantitative estimate of drug-likeness (QED) is 0.797. The molecule has 20 heavy (non-hydrogen) atoms. The highest BCUT2D eigenvalue weighted by molar-refractivity contribution is 5.97. The molecule has 0 spiro atoms. The molecule has 1 heterocycles. The van der Waals surface area contributed by atoms with E-state index in [1.807, 2.05) is 32.2 Å². The van der Waals surface area contributed by atoms with Crippen LogP contribution in [-0.2, 0) is 6.42 Å². The minimum Gasteiger partial charge on any atom is -0.385 e. The molecule has 3 N–H and O–H groups in total. The molecule has 0 fully saturated rings. The molecular formula is C14H23Cl2N3O. The molecule has 1 amide bonds. The Morgan fingerprint density at radius 1 is 1.40 bits per heavy atom. The van der Waals surface area contributed by atoms with Crippen molar-refractivity contribution in [1.82, 2.24) is 10.6 Å². The zero-order valence-corrected chi connectivity index (χ0v) is 13.5. The molecule has 114 valence electrons. The van der Waals surface area contributed by atoms with E-state index in [0.717, 1.165) is 36.2 Å². The Balaban J connectivity index is 0.00000180. The van der Waals surface area contributed by atoms with Crippen molar-refractivity contribution >= 4 is 36.4 Å². The first-order valence-electron chi connectivity index (χ1n) is 6.53. The molecule has 1 aliphatic rings. The maximum Gasteiger partial charge on any atom is 0.251 e. The summed E-state index contributed by atoms with van der Waals surface area (Å²) in [5.41, 5.74) is 3.07. The fraction of sp³-hybridized carbons (Fsp3) is 0.500. The second kappa shape index (κ2) is 9.06. The Labute approximate surface area is 132 Å². The first-order chi connectivity index (χ1) is 8.72. The molecule has 1 unspecified atom stereocenters. The van der Waals surface area contributed by atoms with Crippen LogP contribution in [0, 0.1) is 0 Å². The average molecular weight is 320 g/mol. The summed E-state index contributed by atoms with van der Waals surface area (Å²) in [7, 11) is 1.89. The van der Waals surface area contributed by atoms with Crippen molar-refractivity contribution in [3.63, 3.8) is 0 Å². The lowest BCUT2D eigenvalue weighted by Crippen LogP contribution is -2.37. The predicted molar refractivity (Wildman–Crippen MR) is 88.6 cm³/mol. The van der Waals surface area contributed by atoms with E-state index in [0.29, 0.717) is 6.54 Å². The number of benzene rings is 1. The van der Waals surface area contributed by atoms with Gasteiger partial charge in [0.2, 0.25) is 0 Å². The number of hydrogen-bond acceptors (Lipinski definition) is 3. The van der Waals surface area contributed by atoms with E-state index >= 15 is 0 Å². The number of amides is 1. The highest BCUT2D eigenvalue weighted by Gasteiger charge is 2.17. The summed E-state index contributed by atoms with van der Waals surface area (Å²) in [5.74, 6) is 0.0256. The summed E-state index contributed by atoms with van der Waals surface area (Å²) in [6, 6.07) is 6.17. The van der Waals surface area contributed by atoms with Crippen molar-refractivity contribution in [3.05, 3.63) is 29.3 Å². The summed E-state index contributed by atoms with van der Waals surface area (Å²) >= 11 is 0. The molecule has 4 nitrogen and oxygen atoms in total. The number of halogens is 2. The summed E-state index contributed by atoms with van der Waals surface area (Å²) in [6.07, 6.45) is 2.07. The Bertz CT molecular complexity index is 440. The zero-order valence-electron chi connectivity index (χ0n) is 11.9. The number of nitrogens with one attached hydrogen (secondary N) is 3. The van der Waals surface area contributed by atoms with Crippen molar-refractivity contribution in [2.24, 2.45) is 0 Å². The molecule has 0 aromatic heterocycles. The van der Waals surface area contributed by atoms with Gasteiger partial charge in [-0.2, -0.15) is 0 Å². The van der Waals surface area contributed by atoms with Crippen molar-refractivity contribution in [2.75, 3.05) is 25.5 Å². The minimum absolute atomic E-state index is 0. The van der Waals surface area contributed by atoms with Crippen molar-refractivity contribution in [1.29, 1.82) is 0 Å². The third-order valence-corrected chi connectivity index (χ3v) is 3.40. The van der Waals surface area contributed by atoms with Crippen LogP contribution < -0.4 is 16.0 Å². The van der Waals surface area contributed by atoms with E-state index < -0.39 is 0 Å². The molecule has 0 saturated heterocycles. The molecule has 2 rings (SSSR count). The zero-order chi connectivity index (χ0) is 13.0. The van der Waals surface area contributed by atoms with Gasteiger partial charge >= 0.3 is 0 Å². The van der Waals surface area contributed by atoms with Gasteiger partial charge in [0.05, 0.1) is 0 Å². The lowest BCUT2D eigenvalue weighted by Gasteiger charge is -2.21. The number of fused-ring (bicyclic) bond motifs is 1. The third kappa shape index (κ3) is 4.54. The molecule has 0 saturated carbocycles. The standard InChI is InChI=1S/C14H21N3O.2ClH/c1-10(15-2)9-17-14(18)12-5-3-7-13-11(12)6-4-8-16-13;;/h3,5,7,10,15-16H,4,6,8-9H2,1-2H3,(H,17,18);2*1H. The van der Waals surface area contributed by atoms with E-state index in [1.54, 1.807) is 0 Å². The van der Waals surface area contributed by atoms with Crippen LogP contribution in [0.5, 0.6) is 0 Å². The van der Waals surface area contributed by atoms with Crippen LogP contribution in [0.3, 0.4) is 0 Å². The molecular weight excluding hydrogens is 297 g/mol. The number of carbonyl (C=O) groups excluding carboxylic acids is 1. The van der Waals surface area contributed by atoms with E-state index in [-0.39, 0.29) is 36.8 Å². The lowest BCUT2D eigenvalue weighted by molar-refractivity contribution is 0.0949. The monoisotopic (exact) mass is 319 g/mol. The van der Waals surface area contributed by atoms with Gasteiger partial charge in [0.15, 0.2) is 0 Å². The van der Waals surface area contributed by atoms with Crippen LogP contribution in [-0.4, -0.2) is 32.1 Å². The van der Waals surface area contributed by atoms with E-state index in [1.165, 1.54) is 0 Å². The number of rotatable bonds is 4. The van der Waals surface area contributed by atoms with Crippen LogP contribution in [0.4, 0.5) is 5.69 Å². The second-order valence-corrected chi connectivity index (χ2v) is 4.76. The molecule has 0 aliphatic carbocycles. The van der Waals surface area contributed by atoms with Crippen molar-refractivity contribution in [2.45, 2.75) is 25.8 Å². The van der Waals surface area contributed by atoms with Crippen molar-refractivity contribution < 1.29 is 4.79 Å². The van der Waals surface area contributed by atoms with Crippen LogP contribution >= 0.6 is 24.8 Å².